The van der Waals surface area contributed by atoms with Crippen LogP contribution in [0.2, 0.25) is 5.02 Å². The van der Waals surface area contributed by atoms with Gasteiger partial charge in [-0.3, -0.25) is 4.79 Å². The maximum atomic E-state index is 13.2. The molecule has 1 amide bonds. The van der Waals surface area contributed by atoms with Crippen LogP contribution in [-0.4, -0.2) is 31.4 Å². The Hall–Kier alpha value is -2.52. The number of rotatable bonds is 5. The molecule has 6 nitrogen and oxygen atoms in total. The number of hydrogen-bond acceptors (Lipinski definition) is 5. The van der Waals surface area contributed by atoms with Crippen molar-refractivity contribution in [1.29, 1.82) is 0 Å². The molecule has 0 bridgehead atoms. The molecule has 0 saturated heterocycles. The predicted molar refractivity (Wildman–Crippen MR) is 94.5 cm³/mol. The van der Waals surface area contributed by atoms with Crippen molar-refractivity contribution in [1.82, 2.24) is 20.2 Å². The number of carbonyl (C=O) groups is 1. The maximum Gasteiger partial charge on any atom is 0.237 e. The highest BCUT2D eigenvalue weighted by atomic mass is 35.5. The Balaban J connectivity index is 1.72. The summed E-state index contributed by atoms with van der Waals surface area (Å²) in [6, 6.07) is 10.1. The van der Waals surface area contributed by atoms with Crippen LogP contribution in [0.5, 0.6) is 0 Å². The largest absolute Gasteiger partial charge is 0.325 e. The number of nitrogens with zero attached hydrogens (tertiary/aromatic N) is 4. The van der Waals surface area contributed by atoms with Gasteiger partial charge in [0.2, 0.25) is 11.1 Å². The zero-order chi connectivity index (χ0) is 18.7. The maximum absolute atomic E-state index is 13.2. The van der Waals surface area contributed by atoms with E-state index in [-0.39, 0.29) is 5.69 Å². The van der Waals surface area contributed by atoms with E-state index in [1.807, 2.05) is 0 Å². The minimum atomic E-state index is -1.03. The second-order valence-electron chi connectivity index (χ2n) is 5.23. The zero-order valence-electron chi connectivity index (χ0n) is 13.4. The van der Waals surface area contributed by atoms with E-state index in [2.05, 4.69) is 20.8 Å². The zero-order valence-corrected chi connectivity index (χ0v) is 14.9. The highest BCUT2D eigenvalue weighted by molar-refractivity contribution is 8.00. The molecule has 0 aliphatic rings. The number of carbonyl (C=O) groups excluding carboxylic acids is 1. The second-order valence-corrected chi connectivity index (χ2v) is 6.98. The standard InChI is InChI=1S/C16H12ClF2N5OS/c1-9(15(25)20-11-5-6-13(18)14(19)8-11)26-16-21-22-23-24(16)12-4-2-3-10(17)7-12/h2-9H,1H3,(H,20,25)/t9-/m0/s1. The Bertz CT molecular complexity index is 952. The molecule has 0 radical (unpaired) electrons. The summed E-state index contributed by atoms with van der Waals surface area (Å²) < 4.78 is 27.6. The van der Waals surface area contributed by atoms with Gasteiger partial charge in [-0.15, -0.1) is 5.10 Å². The summed E-state index contributed by atoms with van der Waals surface area (Å²) in [4.78, 5) is 12.3. The van der Waals surface area contributed by atoms with E-state index in [1.54, 1.807) is 31.2 Å². The summed E-state index contributed by atoms with van der Waals surface area (Å²) in [6.07, 6.45) is 0. The number of anilines is 1. The lowest BCUT2D eigenvalue weighted by Gasteiger charge is -2.12. The van der Waals surface area contributed by atoms with Crippen LogP contribution in [0, 0.1) is 11.6 Å². The van der Waals surface area contributed by atoms with E-state index in [0.717, 1.165) is 23.9 Å². The lowest BCUT2D eigenvalue weighted by atomic mass is 10.3. The van der Waals surface area contributed by atoms with Gasteiger partial charge in [-0.2, -0.15) is 4.68 Å². The minimum absolute atomic E-state index is 0.163. The summed E-state index contributed by atoms with van der Waals surface area (Å²) in [5.74, 6) is -2.42. The number of hydrogen-bond donors (Lipinski definition) is 1. The van der Waals surface area contributed by atoms with Crippen LogP contribution in [0.15, 0.2) is 47.6 Å². The highest BCUT2D eigenvalue weighted by Gasteiger charge is 2.20. The normalized spacial score (nSPS) is 12.0. The smallest absolute Gasteiger partial charge is 0.237 e. The molecule has 26 heavy (non-hydrogen) atoms. The van der Waals surface area contributed by atoms with E-state index in [0.29, 0.717) is 15.9 Å². The Morgan fingerprint density at radius 2 is 2.04 bits per heavy atom. The number of aromatic nitrogens is 4. The molecule has 1 N–H and O–H groups in total. The lowest BCUT2D eigenvalue weighted by Crippen LogP contribution is -2.23. The molecular weight excluding hydrogens is 384 g/mol. The molecule has 3 rings (SSSR count). The summed E-state index contributed by atoms with van der Waals surface area (Å²) in [6.45, 7) is 1.65. The first-order chi connectivity index (χ1) is 12.4. The fraction of sp³-hybridized carbons (Fsp3) is 0.125. The van der Waals surface area contributed by atoms with Crippen molar-refractivity contribution >= 4 is 35.0 Å². The molecule has 0 spiro atoms. The summed E-state index contributed by atoms with van der Waals surface area (Å²) >= 11 is 7.09. The molecule has 0 saturated carbocycles. The van der Waals surface area contributed by atoms with Crippen molar-refractivity contribution in [3.8, 4) is 5.69 Å². The first-order valence-corrected chi connectivity index (χ1v) is 8.66. The first kappa shape index (κ1) is 18.3. The molecule has 1 heterocycles. The average molecular weight is 396 g/mol. The molecular formula is C16H12ClF2N5OS. The third kappa shape index (κ3) is 4.17. The number of tetrazole rings is 1. The summed E-state index contributed by atoms with van der Waals surface area (Å²) in [5.41, 5.74) is 0.814. The van der Waals surface area contributed by atoms with Crippen LogP contribution in [0.25, 0.3) is 5.69 Å². The molecule has 0 aliphatic carbocycles. The van der Waals surface area contributed by atoms with Gasteiger partial charge in [-0.1, -0.05) is 29.4 Å². The van der Waals surface area contributed by atoms with Gasteiger partial charge in [0.15, 0.2) is 11.6 Å². The van der Waals surface area contributed by atoms with Crippen molar-refractivity contribution in [2.24, 2.45) is 0 Å². The van der Waals surface area contributed by atoms with E-state index in [9.17, 15) is 13.6 Å². The Morgan fingerprint density at radius 3 is 2.77 bits per heavy atom. The molecule has 0 unspecified atom stereocenters. The molecule has 10 heteroatoms. The third-order valence-corrected chi connectivity index (χ3v) is 4.60. The van der Waals surface area contributed by atoms with Gasteiger partial charge in [-0.05, 0) is 47.7 Å². The van der Waals surface area contributed by atoms with Gasteiger partial charge < -0.3 is 5.32 Å². The van der Waals surface area contributed by atoms with Crippen LogP contribution in [0.4, 0.5) is 14.5 Å². The lowest BCUT2D eigenvalue weighted by molar-refractivity contribution is -0.115. The van der Waals surface area contributed by atoms with E-state index in [1.165, 1.54) is 10.7 Å². The van der Waals surface area contributed by atoms with Crippen molar-refractivity contribution < 1.29 is 13.6 Å². The SMILES string of the molecule is C[C@H](Sc1nnnn1-c1cccc(Cl)c1)C(=O)Nc1ccc(F)c(F)c1. The average Bonchev–Trinajstić information content (AvgIpc) is 3.06. The van der Waals surface area contributed by atoms with Gasteiger partial charge in [0.05, 0.1) is 10.9 Å². The number of thioether (sulfide) groups is 1. The molecule has 3 aromatic rings. The van der Waals surface area contributed by atoms with Gasteiger partial charge in [0.1, 0.15) is 0 Å². The van der Waals surface area contributed by atoms with Crippen LogP contribution >= 0.6 is 23.4 Å². The number of halogens is 3. The molecule has 0 fully saturated rings. The van der Waals surface area contributed by atoms with Gasteiger partial charge >= 0.3 is 0 Å². The Labute approximate surface area is 156 Å². The van der Waals surface area contributed by atoms with Gasteiger partial charge in [0.25, 0.3) is 0 Å². The molecule has 1 aromatic heterocycles. The number of benzene rings is 2. The van der Waals surface area contributed by atoms with Crippen LogP contribution in [0.1, 0.15) is 6.92 Å². The Morgan fingerprint density at radius 1 is 1.23 bits per heavy atom. The van der Waals surface area contributed by atoms with Crippen LogP contribution in [0.3, 0.4) is 0 Å². The van der Waals surface area contributed by atoms with Crippen molar-refractivity contribution in [2.75, 3.05) is 5.32 Å². The topological polar surface area (TPSA) is 72.7 Å². The fourth-order valence-corrected chi connectivity index (χ4v) is 3.04. The molecule has 2 aromatic carbocycles. The summed E-state index contributed by atoms with van der Waals surface area (Å²) in [7, 11) is 0. The van der Waals surface area contributed by atoms with Crippen molar-refractivity contribution in [3.05, 3.63) is 59.1 Å². The molecule has 134 valence electrons. The van der Waals surface area contributed by atoms with Crippen LogP contribution in [-0.2, 0) is 4.79 Å². The summed E-state index contributed by atoms with van der Waals surface area (Å²) in [5, 5.41) is 14.3. The van der Waals surface area contributed by atoms with Crippen molar-refractivity contribution in [3.63, 3.8) is 0 Å². The predicted octanol–water partition coefficient (Wildman–Crippen LogP) is 3.71. The number of amides is 1. The fourth-order valence-electron chi connectivity index (χ4n) is 2.05. The third-order valence-electron chi connectivity index (χ3n) is 3.33. The van der Waals surface area contributed by atoms with E-state index in [4.69, 9.17) is 11.6 Å². The van der Waals surface area contributed by atoms with Gasteiger partial charge in [0, 0.05) is 16.8 Å². The minimum Gasteiger partial charge on any atom is -0.325 e. The van der Waals surface area contributed by atoms with Gasteiger partial charge in [-0.25, -0.2) is 8.78 Å². The Kier molecular flexibility index (Phi) is 5.48. The number of nitrogens with one attached hydrogen (secondary N) is 1. The van der Waals surface area contributed by atoms with E-state index < -0.39 is 22.8 Å². The van der Waals surface area contributed by atoms with Crippen LogP contribution < -0.4 is 5.32 Å². The quantitative estimate of drug-likeness (QED) is 0.667. The second kappa shape index (κ2) is 7.79. The monoisotopic (exact) mass is 395 g/mol. The highest BCUT2D eigenvalue weighted by Crippen LogP contribution is 2.25. The van der Waals surface area contributed by atoms with E-state index >= 15 is 0 Å². The first-order valence-electron chi connectivity index (χ1n) is 7.41. The molecule has 1 atom stereocenters. The van der Waals surface area contributed by atoms with Crippen molar-refractivity contribution in [2.45, 2.75) is 17.3 Å². The molecule has 0 aliphatic heterocycles.